The van der Waals surface area contributed by atoms with Gasteiger partial charge in [0.05, 0.1) is 13.3 Å². The van der Waals surface area contributed by atoms with Crippen molar-refractivity contribution in [2.75, 3.05) is 37.9 Å². The van der Waals surface area contributed by atoms with Crippen LogP contribution in [-0.2, 0) is 6.54 Å². The lowest BCUT2D eigenvalue weighted by Gasteiger charge is -2.13. The maximum absolute atomic E-state index is 5.56. The predicted octanol–water partition coefficient (Wildman–Crippen LogP) is 3.36. The first-order chi connectivity index (χ1) is 14.1. The largest absolute Gasteiger partial charge is 0.494 e. The third-order valence-corrected chi connectivity index (χ3v) is 5.03. The molecule has 29 heavy (non-hydrogen) atoms. The van der Waals surface area contributed by atoms with E-state index in [-0.39, 0.29) is 0 Å². The molecule has 1 aromatic carbocycles. The number of methoxy groups -OCH3 is 1. The summed E-state index contributed by atoms with van der Waals surface area (Å²) in [6.45, 7) is 5.21. The van der Waals surface area contributed by atoms with E-state index in [9.17, 15) is 0 Å². The highest BCUT2D eigenvalue weighted by molar-refractivity contribution is 5.63. The van der Waals surface area contributed by atoms with E-state index in [1.54, 1.807) is 7.11 Å². The van der Waals surface area contributed by atoms with Crippen molar-refractivity contribution in [1.82, 2.24) is 24.6 Å². The second-order valence-corrected chi connectivity index (χ2v) is 7.26. The molecule has 0 saturated carbocycles. The number of aromatic nitrogens is 4. The van der Waals surface area contributed by atoms with Crippen molar-refractivity contribution < 1.29 is 4.74 Å². The van der Waals surface area contributed by atoms with Crippen LogP contribution in [0, 0.1) is 6.92 Å². The van der Waals surface area contributed by atoms with Gasteiger partial charge in [-0.2, -0.15) is 10.1 Å². The first-order valence-corrected chi connectivity index (χ1v) is 9.89. The first kappa shape index (κ1) is 19.2. The Morgan fingerprint density at radius 3 is 2.72 bits per heavy atom. The van der Waals surface area contributed by atoms with E-state index < -0.39 is 0 Å². The van der Waals surface area contributed by atoms with Crippen LogP contribution in [0.25, 0.3) is 5.69 Å². The van der Waals surface area contributed by atoms with Gasteiger partial charge in [-0.25, -0.2) is 9.67 Å². The Bertz CT molecular complexity index is 979. The van der Waals surface area contributed by atoms with E-state index in [1.165, 1.54) is 31.5 Å². The molecule has 1 aliphatic rings. The number of rotatable bonds is 7. The third-order valence-electron chi connectivity index (χ3n) is 5.03. The van der Waals surface area contributed by atoms with Crippen molar-refractivity contribution in [3.05, 3.63) is 47.9 Å². The van der Waals surface area contributed by atoms with Crippen LogP contribution in [0.15, 0.2) is 36.7 Å². The second-order valence-electron chi connectivity index (χ2n) is 7.26. The highest BCUT2D eigenvalue weighted by atomic mass is 16.5. The zero-order valence-corrected chi connectivity index (χ0v) is 17.1. The normalized spacial score (nSPS) is 14.2. The molecule has 0 spiro atoms. The molecule has 0 bridgehead atoms. The number of nitrogens with one attached hydrogen (secondary N) is 2. The molecular weight excluding hydrogens is 366 g/mol. The summed E-state index contributed by atoms with van der Waals surface area (Å²) < 4.78 is 7.43. The molecule has 1 aliphatic heterocycles. The van der Waals surface area contributed by atoms with Gasteiger partial charge in [0.1, 0.15) is 17.3 Å². The lowest BCUT2D eigenvalue weighted by atomic mass is 10.2. The summed E-state index contributed by atoms with van der Waals surface area (Å²) in [7, 11) is 3.51. The molecule has 8 heteroatoms. The quantitative estimate of drug-likeness (QED) is 0.637. The highest BCUT2D eigenvalue weighted by Gasteiger charge is 2.14. The second kappa shape index (κ2) is 8.48. The lowest BCUT2D eigenvalue weighted by Crippen LogP contribution is -2.17. The van der Waals surface area contributed by atoms with Crippen LogP contribution in [0.4, 0.5) is 17.5 Å². The van der Waals surface area contributed by atoms with E-state index in [1.807, 2.05) is 49.1 Å². The lowest BCUT2D eigenvalue weighted by molar-refractivity contribution is 0.331. The number of hydrogen-bond donors (Lipinski definition) is 2. The van der Waals surface area contributed by atoms with E-state index in [0.717, 1.165) is 35.2 Å². The SMILES string of the molecule is CNc1cc(C)nc(Nc2ccc(OC)c(-n3cc(CN4CCCC4)cn3)c2)n1. The van der Waals surface area contributed by atoms with Gasteiger partial charge in [0, 0.05) is 42.8 Å². The molecule has 3 heterocycles. The summed E-state index contributed by atoms with van der Waals surface area (Å²) in [6.07, 6.45) is 6.57. The van der Waals surface area contributed by atoms with Crippen LogP contribution >= 0.6 is 0 Å². The Kier molecular flexibility index (Phi) is 5.62. The molecular formula is C21H27N7O. The monoisotopic (exact) mass is 393 g/mol. The van der Waals surface area contributed by atoms with Gasteiger partial charge >= 0.3 is 0 Å². The first-order valence-electron chi connectivity index (χ1n) is 9.89. The van der Waals surface area contributed by atoms with Crippen LogP contribution < -0.4 is 15.4 Å². The van der Waals surface area contributed by atoms with Crippen LogP contribution in [0.1, 0.15) is 24.1 Å². The van der Waals surface area contributed by atoms with Crippen LogP contribution in [0.2, 0.25) is 0 Å². The Morgan fingerprint density at radius 1 is 1.14 bits per heavy atom. The molecule has 8 nitrogen and oxygen atoms in total. The fourth-order valence-electron chi connectivity index (χ4n) is 3.60. The minimum absolute atomic E-state index is 0.542. The minimum Gasteiger partial charge on any atom is -0.494 e. The van der Waals surface area contributed by atoms with Gasteiger partial charge in [0.25, 0.3) is 0 Å². The molecule has 1 fully saturated rings. The highest BCUT2D eigenvalue weighted by Crippen LogP contribution is 2.28. The maximum atomic E-state index is 5.56. The molecule has 0 radical (unpaired) electrons. The predicted molar refractivity (Wildman–Crippen MR) is 114 cm³/mol. The summed E-state index contributed by atoms with van der Waals surface area (Å²) in [6, 6.07) is 7.77. The fraction of sp³-hybridized carbons (Fsp3) is 0.381. The van der Waals surface area contributed by atoms with Gasteiger partial charge < -0.3 is 15.4 Å². The summed E-state index contributed by atoms with van der Waals surface area (Å²) >= 11 is 0. The van der Waals surface area contributed by atoms with Crippen molar-refractivity contribution in [3.8, 4) is 11.4 Å². The average Bonchev–Trinajstić information content (AvgIpc) is 3.40. The van der Waals surface area contributed by atoms with Gasteiger partial charge in [-0.1, -0.05) is 0 Å². The van der Waals surface area contributed by atoms with E-state index in [2.05, 4.69) is 36.8 Å². The molecule has 3 aromatic rings. The standard InChI is InChI=1S/C21H27N7O/c1-15-10-20(22-2)26-21(24-15)25-17-6-7-19(29-3)18(11-17)28-14-16(12-23-28)13-27-8-4-5-9-27/h6-7,10-12,14H,4-5,8-9,13H2,1-3H3,(H2,22,24,25,26). The maximum Gasteiger partial charge on any atom is 0.229 e. The molecule has 0 atom stereocenters. The number of nitrogens with zero attached hydrogens (tertiary/aromatic N) is 5. The molecule has 0 aliphatic carbocycles. The average molecular weight is 393 g/mol. The minimum atomic E-state index is 0.542. The zero-order chi connectivity index (χ0) is 20.2. The number of benzene rings is 1. The van der Waals surface area contributed by atoms with Crippen LogP contribution in [-0.4, -0.2) is 51.9 Å². The van der Waals surface area contributed by atoms with Gasteiger partial charge in [-0.05, 0) is 51.1 Å². The zero-order valence-electron chi connectivity index (χ0n) is 17.1. The molecule has 2 N–H and O–H groups in total. The molecule has 0 amide bonds. The van der Waals surface area contributed by atoms with Crippen molar-refractivity contribution in [2.45, 2.75) is 26.3 Å². The molecule has 0 unspecified atom stereocenters. The molecule has 4 rings (SSSR count). The van der Waals surface area contributed by atoms with Gasteiger partial charge in [0.15, 0.2) is 0 Å². The Morgan fingerprint density at radius 2 is 1.97 bits per heavy atom. The number of aryl methyl sites for hydroxylation is 1. The van der Waals surface area contributed by atoms with E-state index >= 15 is 0 Å². The third kappa shape index (κ3) is 4.48. The summed E-state index contributed by atoms with van der Waals surface area (Å²) in [5, 5.41) is 10.9. The number of anilines is 3. The van der Waals surface area contributed by atoms with Crippen molar-refractivity contribution in [3.63, 3.8) is 0 Å². The molecule has 2 aromatic heterocycles. The van der Waals surface area contributed by atoms with Gasteiger partial charge in [-0.15, -0.1) is 0 Å². The van der Waals surface area contributed by atoms with Crippen molar-refractivity contribution in [1.29, 1.82) is 0 Å². The number of ether oxygens (including phenoxy) is 1. The summed E-state index contributed by atoms with van der Waals surface area (Å²) in [4.78, 5) is 11.4. The Hall–Kier alpha value is -3.13. The summed E-state index contributed by atoms with van der Waals surface area (Å²) in [5.74, 6) is 2.07. The molecule has 152 valence electrons. The van der Waals surface area contributed by atoms with E-state index in [0.29, 0.717) is 5.95 Å². The van der Waals surface area contributed by atoms with Gasteiger partial charge in [-0.3, -0.25) is 4.90 Å². The number of hydrogen-bond acceptors (Lipinski definition) is 7. The van der Waals surface area contributed by atoms with Crippen LogP contribution in [0.3, 0.4) is 0 Å². The fourth-order valence-corrected chi connectivity index (χ4v) is 3.60. The van der Waals surface area contributed by atoms with Crippen molar-refractivity contribution >= 4 is 17.5 Å². The number of likely N-dealkylation sites (tertiary alicyclic amines) is 1. The summed E-state index contributed by atoms with van der Waals surface area (Å²) in [5.41, 5.74) is 3.82. The van der Waals surface area contributed by atoms with E-state index in [4.69, 9.17) is 4.74 Å². The topological polar surface area (TPSA) is 80.1 Å². The molecule has 1 saturated heterocycles. The Labute approximate surface area is 170 Å². The Balaban J connectivity index is 1.58. The smallest absolute Gasteiger partial charge is 0.229 e. The van der Waals surface area contributed by atoms with Crippen molar-refractivity contribution in [2.24, 2.45) is 0 Å². The van der Waals surface area contributed by atoms with Gasteiger partial charge in [0.2, 0.25) is 5.95 Å². The van der Waals surface area contributed by atoms with Crippen LogP contribution in [0.5, 0.6) is 5.75 Å².